The van der Waals surface area contributed by atoms with E-state index in [0.717, 1.165) is 16.8 Å². The van der Waals surface area contributed by atoms with E-state index in [9.17, 15) is 4.79 Å². The summed E-state index contributed by atoms with van der Waals surface area (Å²) in [6.07, 6.45) is 1.57. The Hall–Kier alpha value is -2.37. The summed E-state index contributed by atoms with van der Waals surface area (Å²) in [5.74, 6) is -0.297. The number of carbonyl (C=O) groups is 1. The molecule has 7 heteroatoms. The molecule has 1 amide bonds. The van der Waals surface area contributed by atoms with E-state index in [0.29, 0.717) is 16.6 Å². The van der Waals surface area contributed by atoms with Crippen molar-refractivity contribution in [2.45, 2.75) is 13.5 Å². The van der Waals surface area contributed by atoms with Crippen molar-refractivity contribution in [3.63, 3.8) is 0 Å². The van der Waals surface area contributed by atoms with Crippen LogP contribution in [0, 0.1) is 6.92 Å². The van der Waals surface area contributed by atoms with Gasteiger partial charge in [0.2, 0.25) is 0 Å². The minimum atomic E-state index is -0.297. The lowest BCUT2D eigenvalue weighted by Crippen LogP contribution is -2.23. The van der Waals surface area contributed by atoms with Crippen LogP contribution in [0.2, 0.25) is 10.0 Å². The number of halogens is 2. The van der Waals surface area contributed by atoms with Crippen molar-refractivity contribution in [3.8, 4) is 5.69 Å². The minimum absolute atomic E-state index is 0.237. The zero-order chi connectivity index (χ0) is 17.1. The average Bonchev–Trinajstić information content (AvgIpc) is 3.07. The lowest BCUT2D eigenvalue weighted by molar-refractivity contribution is 0.0946. The van der Waals surface area contributed by atoms with Crippen LogP contribution in [0.5, 0.6) is 0 Å². The summed E-state index contributed by atoms with van der Waals surface area (Å²) in [7, 11) is 0. The predicted molar refractivity (Wildman–Crippen MR) is 93.7 cm³/mol. The number of carbonyl (C=O) groups excluding carboxylic acids is 1. The number of benzene rings is 2. The monoisotopic (exact) mass is 360 g/mol. The fourth-order valence-electron chi connectivity index (χ4n) is 2.09. The van der Waals surface area contributed by atoms with E-state index in [1.54, 1.807) is 24.4 Å². The van der Waals surface area contributed by atoms with Crippen molar-refractivity contribution < 1.29 is 4.79 Å². The first-order chi connectivity index (χ1) is 11.5. The molecule has 3 aromatic rings. The van der Waals surface area contributed by atoms with Gasteiger partial charge in [0, 0.05) is 16.6 Å². The first-order valence-corrected chi connectivity index (χ1v) is 8.00. The summed E-state index contributed by atoms with van der Waals surface area (Å²) in [5, 5.41) is 12.0. The molecule has 0 saturated carbocycles. The molecular formula is C17H14Cl2N4O. The average molecular weight is 361 g/mol. The highest BCUT2D eigenvalue weighted by Crippen LogP contribution is 2.19. The van der Waals surface area contributed by atoms with Gasteiger partial charge in [-0.3, -0.25) is 4.79 Å². The maximum atomic E-state index is 12.2. The third-order valence-electron chi connectivity index (χ3n) is 3.51. The van der Waals surface area contributed by atoms with Crippen LogP contribution in [0.3, 0.4) is 0 Å². The molecule has 0 bridgehead atoms. The van der Waals surface area contributed by atoms with Crippen molar-refractivity contribution in [1.82, 2.24) is 20.3 Å². The van der Waals surface area contributed by atoms with Gasteiger partial charge in [0.15, 0.2) is 5.69 Å². The van der Waals surface area contributed by atoms with Crippen molar-refractivity contribution in [1.29, 1.82) is 0 Å². The molecule has 0 atom stereocenters. The molecular weight excluding hydrogens is 347 g/mol. The number of rotatable bonds is 4. The second-order valence-corrected chi connectivity index (χ2v) is 6.13. The van der Waals surface area contributed by atoms with Crippen LogP contribution in [0.4, 0.5) is 0 Å². The van der Waals surface area contributed by atoms with E-state index in [2.05, 4.69) is 15.6 Å². The highest BCUT2D eigenvalue weighted by atomic mass is 35.5. The first-order valence-electron chi connectivity index (χ1n) is 7.24. The van der Waals surface area contributed by atoms with E-state index < -0.39 is 0 Å². The van der Waals surface area contributed by atoms with Gasteiger partial charge in [-0.05, 0) is 42.3 Å². The van der Waals surface area contributed by atoms with Gasteiger partial charge in [0.1, 0.15) is 0 Å². The smallest absolute Gasteiger partial charge is 0.273 e. The molecule has 122 valence electrons. The Morgan fingerprint density at radius 2 is 1.92 bits per heavy atom. The van der Waals surface area contributed by atoms with Gasteiger partial charge in [0.05, 0.1) is 11.9 Å². The van der Waals surface area contributed by atoms with Crippen LogP contribution in [0.15, 0.2) is 48.7 Å². The summed E-state index contributed by atoms with van der Waals surface area (Å²) >= 11 is 11.9. The Morgan fingerprint density at radius 1 is 1.17 bits per heavy atom. The van der Waals surface area contributed by atoms with Crippen LogP contribution in [0.1, 0.15) is 21.6 Å². The Balaban J connectivity index is 1.69. The number of hydrogen-bond donors (Lipinski definition) is 1. The number of hydrogen-bond acceptors (Lipinski definition) is 3. The molecule has 0 aliphatic rings. The van der Waals surface area contributed by atoms with Gasteiger partial charge in [-0.2, -0.15) is 0 Å². The Labute approximate surface area is 149 Å². The number of aromatic nitrogens is 3. The Morgan fingerprint density at radius 3 is 2.62 bits per heavy atom. The first kappa shape index (κ1) is 16.5. The number of aryl methyl sites for hydroxylation is 1. The van der Waals surface area contributed by atoms with E-state index in [1.807, 2.05) is 31.2 Å². The second kappa shape index (κ2) is 7.03. The fourth-order valence-corrected chi connectivity index (χ4v) is 2.39. The molecule has 1 N–H and O–H groups in total. The van der Waals surface area contributed by atoms with Crippen molar-refractivity contribution in [2.24, 2.45) is 0 Å². The summed E-state index contributed by atoms with van der Waals surface area (Å²) < 4.78 is 1.52. The molecule has 0 fully saturated rings. The molecule has 2 aromatic carbocycles. The van der Waals surface area contributed by atoms with Gasteiger partial charge < -0.3 is 5.32 Å². The molecule has 0 aliphatic heterocycles. The van der Waals surface area contributed by atoms with Crippen LogP contribution in [0.25, 0.3) is 5.69 Å². The summed E-state index contributed by atoms with van der Waals surface area (Å²) in [6.45, 7) is 2.31. The minimum Gasteiger partial charge on any atom is -0.347 e. The van der Waals surface area contributed by atoms with Gasteiger partial charge in [-0.25, -0.2) is 4.68 Å². The van der Waals surface area contributed by atoms with Crippen molar-refractivity contribution in [2.75, 3.05) is 0 Å². The Bertz CT molecular complexity index is 875. The van der Waals surface area contributed by atoms with E-state index in [1.165, 1.54) is 4.68 Å². The van der Waals surface area contributed by atoms with Gasteiger partial charge in [0.25, 0.3) is 5.91 Å². The maximum Gasteiger partial charge on any atom is 0.273 e. The predicted octanol–water partition coefficient (Wildman–Crippen LogP) is 3.81. The SMILES string of the molecule is Cc1ccc(-n2cc(C(=O)NCc3ccc(Cl)cc3)nn2)cc1Cl. The molecule has 0 aliphatic carbocycles. The molecule has 5 nitrogen and oxygen atoms in total. The standard InChI is InChI=1S/C17H14Cl2N4O/c1-11-2-7-14(8-15(11)19)23-10-16(21-22-23)17(24)20-9-12-3-5-13(18)6-4-12/h2-8,10H,9H2,1H3,(H,20,24). The molecule has 3 rings (SSSR count). The van der Waals surface area contributed by atoms with E-state index >= 15 is 0 Å². The number of amides is 1. The normalized spacial score (nSPS) is 10.6. The molecule has 1 heterocycles. The van der Waals surface area contributed by atoms with E-state index in [4.69, 9.17) is 23.2 Å². The molecule has 0 radical (unpaired) electrons. The summed E-state index contributed by atoms with van der Waals surface area (Å²) in [6, 6.07) is 12.8. The highest BCUT2D eigenvalue weighted by molar-refractivity contribution is 6.31. The van der Waals surface area contributed by atoms with Crippen LogP contribution < -0.4 is 5.32 Å². The molecule has 24 heavy (non-hydrogen) atoms. The number of nitrogens with zero attached hydrogens (tertiary/aromatic N) is 3. The van der Waals surface area contributed by atoms with Crippen molar-refractivity contribution >= 4 is 29.1 Å². The third kappa shape index (κ3) is 3.75. The zero-order valence-corrected chi connectivity index (χ0v) is 14.3. The van der Waals surface area contributed by atoms with Crippen LogP contribution >= 0.6 is 23.2 Å². The zero-order valence-electron chi connectivity index (χ0n) is 12.8. The summed E-state index contributed by atoms with van der Waals surface area (Å²) in [4.78, 5) is 12.2. The van der Waals surface area contributed by atoms with Crippen molar-refractivity contribution in [3.05, 3.63) is 75.5 Å². The largest absolute Gasteiger partial charge is 0.347 e. The van der Waals surface area contributed by atoms with Gasteiger partial charge >= 0.3 is 0 Å². The lowest BCUT2D eigenvalue weighted by atomic mass is 10.2. The molecule has 0 spiro atoms. The summed E-state index contributed by atoms with van der Waals surface area (Å²) in [5.41, 5.74) is 2.91. The molecule has 0 saturated heterocycles. The van der Waals surface area contributed by atoms with Gasteiger partial charge in [-0.15, -0.1) is 5.10 Å². The van der Waals surface area contributed by atoms with Crippen LogP contribution in [-0.2, 0) is 6.54 Å². The number of nitrogens with one attached hydrogen (secondary N) is 1. The maximum absolute atomic E-state index is 12.2. The lowest BCUT2D eigenvalue weighted by Gasteiger charge is -2.03. The van der Waals surface area contributed by atoms with Crippen LogP contribution in [-0.4, -0.2) is 20.9 Å². The van der Waals surface area contributed by atoms with Gasteiger partial charge in [-0.1, -0.05) is 46.6 Å². The topological polar surface area (TPSA) is 59.8 Å². The molecule has 1 aromatic heterocycles. The third-order valence-corrected chi connectivity index (χ3v) is 4.17. The molecule has 0 unspecified atom stereocenters. The van der Waals surface area contributed by atoms with E-state index in [-0.39, 0.29) is 11.6 Å². The quantitative estimate of drug-likeness (QED) is 0.769. The fraction of sp³-hybridized carbons (Fsp3) is 0.118. The second-order valence-electron chi connectivity index (χ2n) is 5.29. The highest BCUT2D eigenvalue weighted by Gasteiger charge is 2.11. The Kier molecular flexibility index (Phi) is 4.83.